The van der Waals surface area contributed by atoms with Crippen LogP contribution < -0.4 is 4.74 Å². The lowest BCUT2D eigenvalue weighted by atomic mass is 10.1. The number of nitrogens with zero attached hydrogens (tertiary/aromatic N) is 3. The molecule has 0 unspecified atom stereocenters. The first-order valence-corrected chi connectivity index (χ1v) is 6.75. The largest absolute Gasteiger partial charge is 0.497 e. The van der Waals surface area contributed by atoms with E-state index >= 15 is 0 Å². The summed E-state index contributed by atoms with van der Waals surface area (Å²) in [6.07, 6.45) is 2.15. The van der Waals surface area contributed by atoms with Crippen LogP contribution in [0.4, 0.5) is 0 Å². The Bertz CT molecular complexity index is 791. The second-order valence-electron chi connectivity index (χ2n) is 4.63. The highest BCUT2D eigenvalue weighted by Crippen LogP contribution is 2.23. The van der Waals surface area contributed by atoms with E-state index in [1.807, 2.05) is 37.3 Å². The zero-order chi connectivity index (χ0) is 14.8. The Morgan fingerprint density at radius 3 is 2.67 bits per heavy atom. The van der Waals surface area contributed by atoms with Gasteiger partial charge in [0.1, 0.15) is 11.4 Å². The molecular formula is C16H15N3O2. The molecule has 21 heavy (non-hydrogen) atoms. The quantitative estimate of drug-likeness (QED) is 0.690. The van der Waals surface area contributed by atoms with Gasteiger partial charge in [0.05, 0.1) is 12.8 Å². The lowest BCUT2D eigenvalue weighted by molar-refractivity contribution is 0.0983. The number of fused-ring (bicyclic) bond motifs is 1. The summed E-state index contributed by atoms with van der Waals surface area (Å²) in [4.78, 5) is 16.1. The molecule has 3 aromatic rings. The third-order valence-electron chi connectivity index (χ3n) is 3.35. The molecule has 0 N–H and O–H groups in total. The first-order chi connectivity index (χ1) is 10.2. The van der Waals surface area contributed by atoms with Crippen LogP contribution in [0.2, 0.25) is 0 Å². The van der Waals surface area contributed by atoms with Crippen molar-refractivity contribution in [1.29, 1.82) is 0 Å². The first-order valence-electron chi connectivity index (χ1n) is 6.75. The second-order valence-corrected chi connectivity index (χ2v) is 4.63. The number of rotatable bonds is 4. The molecule has 0 spiro atoms. The SMILES string of the molecule is CCC(=O)c1cc2nccc(-c3ccc(OC)cc3)n2n1. The summed E-state index contributed by atoms with van der Waals surface area (Å²) in [5.41, 5.74) is 2.99. The van der Waals surface area contributed by atoms with Crippen molar-refractivity contribution in [3.05, 3.63) is 48.3 Å². The number of hydrogen-bond acceptors (Lipinski definition) is 4. The van der Waals surface area contributed by atoms with Crippen molar-refractivity contribution < 1.29 is 9.53 Å². The van der Waals surface area contributed by atoms with Crippen LogP contribution in [0.3, 0.4) is 0 Å². The number of carbonyl (C=O) groups is 1. The zero-order valence-corrected chi connectivity index (χ0v) is 11.9. The molecule has 2 aromatic heterocycles. The van der Waals surface area contributed by atoms with Crippen LogP contribution in [0.5, 0.6) is 5.75 Å². The van der Waals surface area contributed by atoms with Crippen molar-refractivity contribution in [3.63, 3.8) is 0 Å². The number of carbonyl (C=O) groups excluding carboxylic acids is 1. The molecule has 0 aliphatic rings. The molecule has 0 saturated carbocycles. The predicted molar refractivity (Wildman–Crippen MR) is 79.6 cm³/mol. The normalized spacial score (nSPS) is 10.8. The van der Waals surface area contributed by atoms with Crippen LogP contribution in [0, 0.1) is 0 Å². The molecule has 0 radical (unpaired) electrons. The molecule has 0 aliphatic carbocycles. The molecular weight excluding hydrogens is 266 g/mol. The lowest BCUT2D eigenvalue weighted by Crippen LogP contribution is -2.00. The van der Waals surface area contributed by atoms with Crippen molar-refractivity contribution in [2.24, 2.45) is 0 Å². The van der Waals surface area contributed by atoms with Crippen LogP contribution in [-0.2, 0) is 0 Å². The van der Waals surface area contributed by atoms with Gasteiger partial charge in [0.15, 0.2) is 11.4 Å². The average Bonchev–Trinajstić information content (AvgIpc) is 2.98. The predicted octanol–water partition coefficient (Wildman–Crippen LogP) is 3.00. The number of benzene rings is 1. The Morgan fingerprint density at radius 2 is 2.00 bits per heavy atom. The maximum atomic E-state index is 11.8. The zero-order valence-electron chi connectivity index (χ0n) is 11.9. The number of methoxy groups -OCH3 is 1. The van der Waals surface area contributed by atoms with E-state index in [4.69, 9.17) is 4.74 Å². The van der Waals surface area contributed by atoms with Crippen LogP contribution in [0.1, 0.15) is 23.8 Å². The Hall–Kier alpha value is -2.69. The van der Waals surface area contributed by atoms with Crippen LogP contribution >= 0.6 is 0 Å². The number of ether oxygens (including phenoxy) is 1. The maximum Gasteiger partial charge on any atom is 0.182 e. The number of ketones is 1. The fraction of sp³-hybridized carbons (Fsp3) is 0.188. The van der Waals surface area contributed by atoms with E-state index in [-0.39, 0.29) is 5.78 Å². The first kappa shape index (κ1) is 13.3. The minimum absolute atomic E-state index is 0.0150. The minimum Gasteiger partial charge on any atom is -0.497 e. The van der Waals surface area contributed by atoms with Gasteiger partial charge in [-0.2, -0.15) is 5.10 Å². The molecule has 2 heterocycles. The summed E-state index contributed by atoms with van der Waals surface area (Å²) >= 11 is 0. The van der Waals surface area contributed by atoms with Gasteiger partial charge in [-0.3, -0.25) is 4.79 Å². The molecule has 5 heteroatoms. The summed E-state index contributed by atoms with van der Waals surface area (Å²) in [6.45, 7) is 1.82. The van der Waals surface area contributed by atoms with Crippen molar-refractivity contribution in [1.82, 2.24) is 14.6 Å². The summed E-state index contributed by atoms with van der Waals surface area (Å²) < 4.78 is 6.86. The number of aromatic nitrogens is 3. The van der Waals surface area contributed by atoms with Gasteiger partial charge in [-0.25, -0.2) is 9.50 Å². The monoisotopic (exact) mass is 281 g/mol. The van der Waals surface area contributed by atoms with Gasteiger partial charge in [0.25, 0.3) is 0 Å². The van der Waals surface area contributed by atoms with Crippen molar-refractivity contribution >= 4 is 11.4 Å². The summed E-state index contributed by atoms with van der Waals surface area (Å²) in [5.74, 6) is 0.813. The van der Waals surface area contributed by atoms with Gasteiger partial charge < -0.3 is 4.74 Å². The van der Waals surface area contributed by atoms with E-state index in [1.165, 1.54) is 0 Å². The van der Waals surface area contributed by atoms with Gasteiger partial charge in [0, 0.05) is 24.2 Å². The summed E-state index contributed by atoms with van der Waals surface area (Å²) in [6, 6.07) is 11.3. The Morgan fingerprint density at radius 1 is 1.24 bits per heavy atom. The molecule has 1 aromatic carbocycles. The Balaban J connectivity index is 2.13. The van der Waals surface area contributed by atoms with E-state index in [9.17, 15) is 4.79 Å². The number of Topliss-reactive ketones (excluding diaryl/α,β-unsaturated/α-hetero) is 1. The summed E-state index contributed by atoms with van der Waals surface area (Å²) in [7, 11) is 1.63. The summed E-state index contributed by atoms with van der Waals surface area (Å²) in [5, 5.41) is 4.38. The highest BCUT2D eigenvalue weighted by Gasteiger charge is 2.12. The molecule has 0 atom stereocenters. The molecule has 3 rings (SSSR count). The smallest absolute Gasteiger partial charge is 0.182 e. The van der Waals surface area contributed by atoms with Gasteiger partial charge >= 0.3 is 0 Å². The average molecular weight is 281 g/mol. The minimum atomic E-state index is 0.0150. The fourth-order valence-corrected chi connectivity index (χ4v) is 2.19. The standard InChI is InChI=1S/C16H15N3O2/c1-3-15(20)13-10-16-17-9-8-14(19(16)18-13)11-4-6-12(21-2)7-5-11/h4-10H,3H2,1-2H3. The van der Waals surface area contributed by atoms with E-state index in [2.05, 4.69) is 10.1 Å². The Labute approximate surface area is 122 Å². The maximum absolute atomic E-state index is 11.8. The van der Waals surface area contributed by atoms with Gasteiger partial charge in [-0.15, -0.1) is 0 Å². The molecule has 5 nitrogen and oxygen atoms in total. The molecule has 0 fully saturated rings. The van der Waals surface area contributed by atoms with E-state index < -0.39 is 0 Å². The molecule has 0 bridgehead atoms. The van der Waals surface area contributed by atoms with Crippen molar-refractivity contribution in [2.75, 3.05) is 7.11 Å². The molecule has 106 valence electrons. The molecule has 0 saturated heterocycles. The Kier molecular flexibility index (Phi) is 3.39. The van der Waals surface area contributed by atoms with Crippen LogP contribution in [0.15, 0.2) is 42.6 Å². The second kappa shape index (κ2) is 5.36. The van der Waals surface area contributed by atoms with Gasteiger partial charge in [-0.1, -0.05) is 6.92 Å². The number of hydrogen-bond donors (Lipinski definition) is 0. The molecule has 0 aliphatic heterocycles. The van der Waals surface area contributed by atoms with Crippen LogP contribution in [-0.4, -0.2) is 27.5 Å². The van der Waals surface area contributed by atoms with Crippen molar-refractivity contribution in [2.45, 2.75) is 13.3 Å². The van der Waals surface area contributed by atoms with E-state index in [1.54, 1.807) is 23.9 Å². The molecule has 0 amide bonds. The van der Waals surface area contributed by atoms with Gasteiger partial charge in [-0.05, 0) is 30.3 Å². The highest BCUT2D eigenvalue weighted by molar-refractivity contribution is 5.95. The highest BCUT2D eigenvalue weighted by atomic mass is 16.5. The van der Waals surface area contributed by atoms with Crippen LogP contribution in [0.25, 0.3) is 16.9 Å². The lowest BCUT2D eigenvalue weighted by Gasteiger charge is -2.05. The van der Waals surface area contributed by atoms with Crippen molar-refractivity contribution in [3.8, 4) is 17.0 Å². The fourth-order valence-electron chi connectivity index (χ4n) is 2.19. The third-order valence-corrected chi connectivity index (χ3v) is 3.35. The van der Waals surface area contributed by atoms with Gasteiger partial charge in [0.2, 0.25) is 0 Å². The van der Waals surface area contributed by atoms with E-state index in [0.717, 1.165) is 17.0 Å². The topological polar surface area (TPSA) is 56.5 Å². The third kappa shape index (κ3) is 2.38. The van der Waals surface area contributed by atoms with E-state index in [0.29, 0.717) is 17.8 Å².